The molecule has 1 aromatic rings. The van der Waals surface area contributed by atoms with E-state index in [0.29, 0.717) is 5.02 Å². The molecule has 0 bridgehead atoms. The standard InChI is InChI=1S/C21H31ClN2O6S/c1-21(2,3)30-20(25)23-10-12-24(13-11-23)31(26,27)19(9-14-29-16-28-4)15-17-5-7-18(22)8-6-17/h5-8,15H,9-14,16H2,1-4H3. The van der Waals surface area contributed by atoms with E-state index in [0.717, 1.165) is 5.56 Å². The van der Waals surface area contributed by atoms with Gasteiger partial charge in [-0.3, -0.25) is 0 Å². The topological polar surface area (TPSA) is 85.4 Å². The molecule has 0 aliphatic carbocycles. The van der Waals surface area contributed by atoms with Crippen molar-refractivity contribution in [2.45, 2.75) is 32.8 Å². The quantitative estimate of drug-likeness (QED) is 0.423. The molecular weight excluding hydrogens is 444 g/mol. The van der Waals surface area contributed by atoms with E-state index in [-0.39, 0.29) is 50.9 Å². The van der Waals surface area contributed by atoms with Crippen molar-refractivity contribution >= 4 is 33.8 Å². The number of amides is 1. The lowest BCUT2D eigenvalue weighted by Gasteiger charge is -2.35. The lowest BCUT2D eigenvalue weighted by Crippen LogP contribution is -2.51. The Morgan fingerprint density at radius 3 is 2.29 bits per heavy atom. The predicted octanol–water partition coefficient (Wildman–Crippen LogP) is 3.57. The van der Waals surface area contributed by atoms with Crippen LogP contribution in [0.3, 0.4) is 0 Å². The van der Waals surface area contributed by atoms with E-state index < -0.39 is 21.7 Å². The first-order valence-electron chi connectivity index (χ1n) is 10.0. The Bertz CT molecular complexity index is 857. The summed E-state index contributed by atoms with van der Waals surface area (Å²) in [5.74, 6) is 0. The number of ether oxygens (including phenoxy) is 3. The molecule has 0 atom stereocenters. The number of carbonyl (C=O) groups excluding carboxylic acids is 1. The molecule has 1 aliphatic rings. The Morgan fingerprint density at radius 2 is 1.74 bits per heavy atom. The van der Waals surface area contributed by atoms with Crippen LogP contribution in [0.15, 0.2) is 29.2 Å². The number of nitrogens with zero attached hydrogens (tertiary/aromatic N) is 2. The van der Waals surface area contributed by atoms with Crippen molar-refractivity contribution in [3.05, 3.63) is 39.8 Å². The Kier molecular flexibility index (Phi) is 9.32. The van der Waals surface area contributed by atoms with E-state index in [9.17, 15) is 13.2 Å². The summed E-state index contributed by atoms with van der Waals surface area (Å²) in [6, 6.07) is 6.93. The molecule has 1 fully saturated rings. The second kappa shape index (κ2) is 11.3. The van der Waals surface area contributed by atoms with Crippen molar-refractivity contribution in [2.24, 2.45) is 0 Å². The van der Waals surface area contributed by atoms with E-state index in [1.807, 2.05) is 0 Å². The van der Waals surface area contributed by atoms with Crippen molar-refractivity contribution < 1.29 is 27.4 Å². The monoisotopic (exact) mass is 474 g/mol. The molecule has 0 N–H and O–H groups in total. The van der Waals surface area contributed by atoms with Gasteiger partial charge in [0.15, 0.2) is 0 Å². The molecule has 0 radical (unpaired) electrons. The van der Waals surface area contributed by atoms with Crippen LogP contribution in [0.1, 0.15) is 32.8 Å². The Morgan fingerprint density at radius 1 is 1.13 bits per heavy atom. The van der Waals surface area contributed by atoms with Gasteiger partial charge in [-0.1, -0.05) is 23.7 Å². The zero-order valence-corrected chi connectivity index (χ0v) is 20.0. The van der Waals surface area contributed by atoms with Gasteiger partial charge in [-0.2, -0.15) is 4.31 Å². The lowest BCUT2D eigenvalue weighted by molar-refractivity contribution is -0.0287. The second-order valence-corrected chi connectivity index (χ2v) is 10.5. The first-order chi connectivity index (χ1) is 14.5. The maximum atomic E-state index is 13.3. The van der Waals surface area contributed by atoms with E-state index in [2.05, 4.69) is 0 Å². The van der Waals surface area contributed by atoms with Gasteiger partial charge in [-0.05, 0) is 44.5 Å². The molecule has 174 valence electrons. The van der Waals surface area contributed by atoms with Crippen molar-refractivity contribution in [1.29, 1.82) is 0 Å². The smallest absolute Gasteiger partial charge is 0.410 e. The molecule has 1 aromatic carbocycles. The number of carbonyl (C=O) groups is 1. The van der Waals surface area contributed by atoms with Gasteiger partial charge in [0, 0.05) is 44.7 Å². The Hall–Kier alpha value is -1.65. The number of benzene rings is 1. The molecule has 8 nitrogen and oxygen atoms in total. The third-order valence-electron chi connectivity index (χ3n) is 4.45. The minimum atomic E-state index is -3.74. The predicted molar refractivity (Wildman–Crippen MR) is 120 cm³/mol. The summed E-state index contributed by atoms with van der Waals surface area (Å²) in [4.78, 5) is 14.0. The molecule has 1 amide bonds. The fourth-order valence-corrected chi connectivity index (χ4v) is 4.67. The van der Waals surface area contributed by atoms with Crippen molar-refractivity contribution in [2.75, 3.05) is 46.7 Å². The number of sulfonamides is 1. The molecule has 0 saturated carbocycles. The molecule has 2 rings (SSSR count). The zero-order chi connectivity index (χ0) is 23.1. The van der Waals surface area contributed by atoms with Crippen LogP contribution >= 0.6 is 11.6 Å². The average molecular weight is 475 g/mol. The molecule has 1 heterocycles. The average Bonchev–Trinajstić information content (AvgIpc) is 2.70. The largest absolute Gasteiger partial charge is 0.444 e. The van der Waals surface area contributed by atoms with Crippen LogP contribution in [0.5, 0.6) is 0 Å². The van der Waals surface area contributed by atoms with Gasteiger partial charge >= 0.3 is 6.09 Å². The summed E-state index contributed by atoms with van der Waals surface area (Å²) >= 11 is 5.93. The zero-order valence-electron chi connectivity index (χ0n) is 18.5. The minimum Gasteiger partial charge on any atom is -0.444 e. The van der Waals surface area contributed by atoms with Crippen LogP contribution in [-0.2, 0) is 24.2 Å². The second-order valence-electron chi connectivity index (χ2n) is 8.10. The summed E-state index contributed by atoms with van der Waals surface area (Å²) in [7, 11) is -2.24. The van der Waals surface area contributed by atoms with Crippen LogP contribution in [0.2, 0.25) is 5.02 Å². The number of piperazine rings is 1. The highest BCUT2D eigenvalue weighted by Crippen LogP contribution is 2.23. The third kappa shape index (κ3) is 8.08. The molecule has 1 aliphatic heterocycles. The maximum absolute atomic E-state index is 13.3. The molecule has 10 heteroatoms. The first-order valence-corrected chi connectivity index (χ1v) is 11.9. The van der Waals surface area contributed by atoms with Crippen molar-refractivity contribution in [3.63, 3.8) is 0 Å². The van der Waals surface area contributed by atoms with E-state index in [4.69, 9.17) is 25.8 Å². The van der Waals surface area contributed by atoms with Gasteiger partial charge < -0.3 is 19.1 Å². The summed E-state index contributed by atoms with van der Waals surface area (Å²) < 4.78 is 43.6. The van der Waals surface area contributed by atoms with Gasteiger partial charge in [-0.15, -0.1) is 0 Å². The summed E-state index contributed by atoms with van der Waals surface area (Å²) in [6.45, 7) is 6.59. The third-order valence-corrected chi connectivity index (χ3v) is 6.73. The summed E-state index contributed by atoms with van der Waals surface area (Å²) in [6.07, 6.45) is 1.39. The Balaban J connectivity index is 2.13. The summed E-state index contributed by atoms with van der Waals surface area (Å²) in [5, 5.41) is 0.572. The summed E-state index contributed by atoms with van der Waals surface area (Å²) in [5.41, 5.74) is 0.124. The van der Waals surface area contributed by atoms with Crippen LogP contribution in [0.25, 0.3) is 6.08 Å². The number of methoxy groups -OCH3 is 1. The SMILES string of the molecule is COCOCCC(=Cc1ccc(Cl)cc1)S(=O)(=O)N1CCN(C(=O)OC(C)(C)C)CC1. The van der Waals surface area contributed by atoms with E-state index in [1.165, 1.54) is 16.3 Å². The van der Waals surface area contributed by atoms with Crippen LogP contribution in [-0.4, -0.2) is 76.0 Å². The highest BCUT2D eigenvalue weighted by molar-refractivity contribution is 7.93. The lowest BCUT2D eigenvalue weighted by atomic mass is 10.2. The van der Waals surface area contributed by atoms with Gasteiger partial charge in [-0.25, -0.2) is 13.2 Å². The van der Waals surface area contributed by atoms with Gasteiger partial charge in [0.2, 0.25) is 10.0 Å². The van der Waals surface area contributed by atoms with E-state index in [1.54, 1.807) is 51.1 Å². The highest BCUT2D eigenvalue weighted by atomic mass is 35.5. The van der Waals surface area contributed by atoms with Crippen molar-refractivity contribution in [3.8, 4) is 0 Å². The fourth-order valence-electron chi connectivity index (χ4n) is 2.94. The number of halogens is 1. The highest BCUT2D eigenvalue weighted by Gasteiger charge is 2.33. The van der Waals surface area contributed by atoms with Gasteiger partial charge in [0.05, 0.1) is 11.5 Å². The van der Waals surface area contributed by atoms with Crippen molar-refractivity contribution in [1.82, 2.24) is 9.21 Å². The van der Waals surface area contributed by atoms with Crippen LogP contribution in [0.4, 0.5) is 4.79 Å². The normalized spacial score (nSPS) is 16.4. The minimum absolute atomic E-state index is 0.0861. The van der Waals surface area contributed by atoms with E-state index >= 15 is 0 Å². The first kappa shape index (κ1) is 25.6. The molecule has 1 saturated heterocycles. The number of hydrogen-bond acceptors (Lipinski definition) is 6. The van der Waals surface area contributed by atoms with Gasteiger partial charge in [0.25, 0.3) is 0 Å². The molecular formula is C21H31ClN2O6S. The molecule has 0 aromatic heterocycles. The molecule has 31 heavy (non-hydrogen) atoms. The molecule has 0 unspecified atom stereocenters. The molecule has 0 spiro atoms. The fraction of sp³-hybridized carbons (Fsp3) is 0.571. The van der Waals surface area contributed by atoms with Crippen LogP contribution in [0, 0.1) is 0 Å². The number of hydrogen-bond donors (Lipinski definition) is 0. The Labute approximate surface area is 189 Å². The van der Waals surface area contributed by atoms with Crippen LogP contribution < -0.4 is 0 Å². The number of rotatable bonds is 8. The maximum Gasteiger partial charge on any atom is 0.410 e. The van der Waals surface area contributed by atoms with Gasteiger partial charge in [0.1, 0.15) is 12.4 Å².